The van der Waals surface area contributed by atoms with Crippen LogP contribution in [0.25, 0.3) is 21.5 Å². The summed E-state index contributed by atoms with van der Waals surface area (Å²) < 4.78 is 23.4. The van der Waals surface area contributed by atoms with Crippen molar-refractivity contribution in [1.82, 2.24) is 0 Å². The summed E-state index contributed by atoms with van der Waals surface area (Å²) in [7, 11) is 0. The molecule has 2 unspecified atom stereocenters. The quantitative estimate of drug-likeness (QED) is 0.179. The lowest BCUT2D eigenvalue weighted by Crippen LogP contribution is -2.24. The maximum atomic E-state index is 11.7. The molecule has 6 heteroatoms. The second-order valence-corrected chi connectivity index (χ2v) is 8.22. The van der Waals surface area contributed by atoms with Gasteiger partial charge in [-0.05, 0) is 25.8 Å². The van der Waals surface area contributed by atoms with Gasteiger partial charge in [0.05, 0.1) is 0 Å². The number of hydrogen-bond acceptors (Lipinski definition) is 6. The lowest BCUT2D eigenvalue weighted by molar-refractivity contribution is -0.145. The van der Waals surface area contributed by atoms with Crippen molar-refractivity contribution in [2.75, 3.05) is 13.2 Å². The minimum Gasteiger partial charge on any atom is -0.488 e. The topological polar surface area (TPSA) is 71.1 Å². The van der Waals surface area contributed by atoms with Gasteiger partial charge in [0.25, 0.3) is 0 Å². The zero-order valence-electron chi connectivity index (χ0n) is 20.5. The highest BCUT2D eigenvalue weighted by molar-refractivity contribution is 6.11. The second-order valence-electron chi connectivity index (χ2n) is 8.22. The summed E-state index contributed by atoms with van der Waals surface area (Å²) in [6.07, 6.45) is 2.71. The molecule has 0 radical (unpaired) electrons. The van der Waals surface area contributed by atoms with E-state index >= 15 is 0 Å². The van der Waals surface area contributed by atoms with E-state index in [1.54, 1.807) is 0 Å². The molecule has 0 spiro atoms. The van der Waals surface area contributed by atoms with E-state index < -0.39 is 24.1 Å². The normalized spacial score (nSPS) is 12.5. The zero-order chi connectivity index (χ0) is 25.4. The van der Waals surface area contributed by atoms with Crippen LogP contribution in [0.2, 0.25) is 0 Å². The van der Waals surface area contributed by atoms with Crippen LogP contribution in [0.3, 0.4) is 0 Å². The SMILES string of the molecule is C=CC(=O)OC(CC)COc1c2ccccc2c(OCC(CC)OC(=O)C=C)c2cc(C)ccc12. The number of hydrogen-bond donors (Lipinski definition) is 0. The minimum absolute atomic E-state index is 0.207. The fraction of sp³-hybridized carbons (Fsp3) is 0.310. The Balaban J connectivity index is 2.04. The molecule has 0 heterocycles. The number of benzene rings is 3. The summed E-state index contributed by atoms with van der Waals surface area (Å²) in [6.45, 7) is 13.2. The van der Waals surface area contributed by atoms with Crippen molar-refractivity contribution in [3.05, 3.63) is 73.3 Å². The standard InChI is InChI=1S/C29H32O6/c1-6-20(34-26(30)8-3)17-32-28-22-12-10-11-13-23(22)29(25-16-19(5)14-15-24(25)28)33-18-21(7-2)35-27(31)9-4/h8-16,20-21H,3-4,6-7,17-18H2,1-2,5H3. The van der Waals surface area contributed by atoms with Crippen LogP contribution in [-0.4, -0.2) is 37.4 Å². The van der Waals surface area contributed by atoms with Gasteiger partial charge in [-0.25, -0.2) is 9.59 Å². The number of carbonyl (C=O) groups is 2. The first-order chi connectivity index (χ1) is 16.9. The summed E-state index contributed by atoms with van der Waals surface area (Å²) >= 11 is 0. The third-order valence-corrected chi connectivity index (χ3v) is 5.72. The van der Waals surface area contributed by atoms with Gasteiger partial charge in [0.2, 0.25) is 0 Å². The Labute approximate surface area is 206 Å². The monoisotopic (exact) mass is 476 g/mol. The van der Waals surface area contributed by atoms with Gasteiger partial charge in [-0.3, -0.25) is 0 Å². The lowest BCUT2D eigenvalue weighted by Gasteiger charge is -2.22. The zero-order valence-corrected chi connectivity index (χ0v) is 20.5. The van der Waals surface area contributed by atoms with Crippen molar-refractivity contribution >= 4 is 33.5 Å². The van der Waals surface area contributed by atoms with Crippen molar-refractivity contribution in [3.8, 4) is 11.5 Å². The third-order valence-electron chi connectivity index (χ3n) is 5.72. The second kappa shape index (κ2) is 12.1. The van der Waals surface area contributed by atoms with Crippen molar-refractivity contribution in [2.24, 2.45) is 0 Å². The van der Waals surface area contributed by atoms with Crippen LogP contribution >= 0.6 is 0 Å². The minimum atomic E-state index is -0.475. The number of aryl methyl sites for hydroxylation is 1. The number of esters is 2. The highest BCUT2D eigenvalue weighted by Crippen LogP contribution is 2.43. The van der Waals surface area contributed by atoms with Crippen molar-refractivity contribution < 1.29 is 28.5 Å². The maximum Gasteiger partial charge on any atom is 0.330 e. The lowest BCUT2D eigenvalue weighted by atomic mass is 9.99. The van der Waals surface area contributed by atoms with Crippen molar-refractivity contribution in [1.29, 1.82) is 0 Å². The fourth-order valence-corrected chi connectivity index (χ4v) is 3.77. The van der Waals surface area contributed by atoms with E-state index in [-0.39, 0.29) is 13.2 Å². The summed E-state index contributed by atoms with van der Waals surface area (Å²) in [6, 6.07) is 13.9. The van der Waals surface area contributed by atoms with Crippen LogP contribution < -0.4 is 9.47 Å². The van der Waals surface area contributed by atoms with Gasteiger partial charge in [0, 0.05) is 33.7 Å². The van der Waals surface area contributed by atoms with Crippen LogP contribution in [0.5, 0.6) is 11.5 Å². The van der Waals surface area contributed by atoms with Crippen molar-refractivity contribution in [3.63, 3.8) is 0 Å². The molecule has 6 nitrogen and oxygen atoms in total. The van der Waals surface area contributed by atoms with E-state index in [0.717, 1.165) is 39.3 Å². The maximum absolute atomic E-state index is 11.7. The summed E-state index contributed by atoms with van der Waals surface area (Å²) in [5.74, 6) is 0.445. The molecule has 0 saturated carbocycles. The first kappa shape index (κ1) is 25.8. The fourth-order valence-electron chi connectivity index (χ4n) is 3.77. The van der Waals surface area contributed by atoms with Gasteiger partial charge in [-0.15, -0.1) is 0 Å². The Kier molecular flexibility index (Phi) is 8.90. The molecule has 3 rings (SSSR count). The van der Waals surface area contributed by atoms with Crippen LogP contribution in [0.1, 0.15) is 32.3 Å². The molecule has 184 valence electrons. The highest BCUT2D eigenvalue weighted by atomic mass is 16.6. The predicted molar refractivity (Wildman–Crippen MR) is 138 cm³/mol. The number of ether oxygens (including phenoxy) is 4. The molecule has 3 aromatic rings. The molecule has 2 atom stereocenters. The van der Waals surface area contributed by atoms with Gasteiger partial charge in [-0.1, -0.05) is 69.0 Å². The van der Waals surface area contributed by atoms with E-state index in [1.807, 2.05) is 57.2 Å². The molecule has 0 saturated heterocycles. The van der Waals surface area contributed by atoms with Gasteiger partial charge in [0.15, 0.2) is 0 Å². The predicted octanol–water partition coefficient (Wildman–Crippen LogP) is 6.07. The molecule has 0 aliphatic rings. The molecule has 0 fully saturated rings. The molecule has 0 aliphatic heterocycles. The molecular weight excluding hydrogens is 444 g/mol. The molecule has 0 bridgehead atoms. The van der Waals surface area contributed by atoms with Crippen LogP contribution in [0.4, 0.5) is 0 Å². The van der Waals surface area contributed by atoms with E-state index in [0.29, 0.717) is 24.3 Å². The Morgan fingerprint density at radius 1 is 0.771 bits per heavy atom. The van der Waals surface area contributed by atoms with E-state index in [1.165, 1.54) is 0 Å². The molecule has 35 heavy (non-hydrogen) atoms. The summed E-state index contributed by atoms with van der Waals surface area (Å²) in [4.78, 5) is 23.4. The highest BCUT2D eigenvalue weighted by Gasteiger charge is 2.20. The Morgan fingerprint density at radius 3 is 1.69 bits per heavy atom. The molecular formula is C29H32O6. The van der Waals surface area contributed by atoms with Gasteiger partial charge < -0.3 is 18.9 Å². The summed E-state index contributed by atoms with van der Waals surface area (Å²) in [5, 5.41) is 3.52. The molecule has 0 aliphatic carbocycles. The largest absolute Gasteiger partial charge is 0.488 e. The summed E-state index contributed by atoms with van der Waals surface area (Å²) in [5.41, 5.74) is 1.07. The number of carbonyl (C=O) groups excluding carboxylic acids is 2. The molecule has 3 aromatic carbocycles. The average molecular weight is 477 g/mol. The van der Waals surface area contributed by atoms with Gasteiger partial charge in [0.1, 0.15) is 36.9 Å². The Bertz CT molecular complexity index is 1230. The van der Waals surface area contributed by atoms with E-state index in [9.17, 15) is 9.59 Å². The number of rotatable bonds is 12. The van der Waals surface area contributed by atoms with Gasteiger partial charge in [-0.2, -0.15) is 0 Å². The molecule has 0 aromatic heterocycles. The van der Waals surface area contributed by atoms with Crippen LogP contribution in [-0.2, 0) is 19.1 Å². The number of fused-ring (bicyclic) bond motifs is 2. The average Bonchev–Trinajstić information content (AvgIpc) is 2.88. The smallest absolute Gasteiger partial charge is 0.330 e. The third kappa shape index (κ3) is 6.21. The van der Waals surface area contributed by atoms with E-state index in [2.05, 4.69) is 19.2 Å². The van der Waals surface area contributed by atoms with Gasteiger partial charge >= 0.3 is 11.9 Å². The Morgan fingerprint density at radius 2 is 1.23 bits per heavy atom. The molecule has 0 amide bonds. The molecule has 0 N–H and O–H groups in total. The first-order valence-electron chi connectivity index (χ1n) is 11.8. The Hall–Kier alpha value is -3.80. The van der Waals surface area contributed by atoms with Crippen LogP contribution in [0.15, 0.2) is 67.8 Å². The first-order valence-corrected chi connectivity index (χ1v) is 11.8. The van der Waals surface area contributed by atoms with E-state index in [4.69, 9.17) is 18.9 Å². The van der Waals surface area contributed by atoms with Crippen molar-refractivity contribution in [2.45, 2.75) is 45.8 Å². The van der Waals surface area contributed by atoms with Crippen LogP contribution in [0, 0.1) is 6.92 Å².